The maximum absolute atomic E-state index is 13.9. The van der Waals surface area contributed by atoms with Gasteiger partial charge in [-0.1, -0.05) is 12.1 Å². The van der Waals surface area contributed by atoms with Gasteiger partial charge in [0.25, 0.3) is 0 Å². The third kappa shape index (κ3) is 2.86. The molecule has 1 heterocycles. The van der Waals surface area contributed by atoms with E-state index in [4.69, 9.17) is 0 Å². The van der Waals surface area contributed by atoms with Gasteiger partial charge < -0.3 is 5.32 Å². The van der Waals surface area contributed by atoms with Crippen molar-refractivity contribution < 1.29 is 4.39 Å². The molecule has 3 unspecified atom stereocenters. The van der Waals surface area contributed by atoms with Crippen LogP contribution in [-0.4, -0.2) is 29.6 Å². The molecule has 3 heteroatoms. The summed E-state index contributed by atoms with van der Waals surface area (Å²) >= 11 is 0. The minimum absolute atomic E-state index is 0.0907. The molecule has 0 bridgehead atoms. The van der Waals surface area contributed by atoms with E-state index in [0.717, 1.165) is 30.1 Å². The SMILES string of the molecule is Cc1ccc(C(C)N2CC(C)(C3CC3)NCC2C)cc1F. The van der Waals surface area contributed by atoms with Crippen molar-refractivity contribution in [2.24, 2.45) is 5.92 Å². The highest BCUT2D eigenvalue weighted by Crippen LogP contribution is 2.42. The minimum Gasteiger partial charge on any atom is -0.308 e. The normalized spacial score (nSPS) is 32.1. The summed E-state index contributed by atoms with van der Waals surface area (Å²) in [5.41, 5.74) is 2.04. The van der Waals surface area contributed by atoms with Gasteiger partial charge in [0.1, 0.15) is 5.82 Å². The average Bonchev–Trinajstić information content (AvgIpc) is 3.29. The molecule has 0 spiro atoms. The van der Waals surface area contributed by atoms with Crippen LogP contribution in [0, 0.1) is 18.7 Å². The van der Waals surface area contributed by atoms with E-state index < -0.39 is 0 Å². The highest BCUT2D eigenvalue weighted by molar-refractivity contribution is 5.26. The van der Waals surface area contributed by atoms with Gasteiger partial charge in [0.2, 0.25) is 0 Å². The van der Waals surface area contributed by atoms with Crippen LogP contribution in [0.1, 0.15) is 50.8 Å². The molecule has 1 saturated heterocycles. The molecule has 0 amide bonds. The first kappa shape index (κ1) is 15.0. The molecule has 1 N–H and O–H groups in total. The lowest BCUT2D eigenvalue weighted by Crippen LogP contribution is -2.63. The Bertz CT molecular complexity index is 526. The molecule has 2 fully saturated rings. The predicted octanol–water partition coefficient (Wildman–Crippen LogP) is 3.66. The number of rotatable bonds is 3. The summed E-state index contributed by atoms with van der Waals surface area (Å²) in [6.45, 7) is 10.7. The van der Waals surface area contributed by atoms with Gasteiger partial charge in [0.15, 0.2) is 0 Å². The van der Waals surface area contributed by atoms with Crippen LogP contribution in [0.15, 0.2) is 18.2 Å². The molecule has 21 heavy (non-hydrogen) atoms. The van der Waals surface area contributed by atoms with Crippen molar-refractivity contribution in [2.45, 2.75) is 58.2 Å². The minimum atomic E-state index is -0.0907. The molecule has 3 rings (SSSR count). The molecule has 2 aliphatic rings. The fourth-order valence-corrected chi connectivity index (χ4v) is 3.66. The quantitative estimate of drug-likeness (QED) is 0.914. The second-order valence-corrected chi connectivity index (χ2v) is 7.28. The standard InChI is InChI=1S/C18H27FN2/c1-12-5-6-15(9-17(12)19)14(3)21-11-18(4,16-7-8-16)20-10-13(21)2/h5-6,9,13-14,16,20H,7-8,10-11H2,1-4H3. The summed E-state index contributed by atoms with van der Waals surface area (Å²) in [6, 6.07) is 6.43. The van der Waals surface area contributed by atoms with Crippen LogP contribution in [0.4, 0.5) is 4.39 Å². The zero-order valence-electron chi connectivity index (χ0n) is 13.6. The lowest BCUT2D eigenvalue weighted by molar-refractivity contribution is 0.0516. The van der Waals surface area contributed by atoms with Gasteiger partial charge in [0.05, 0.1) is 0 Å². The number of nitrogens with zero attached hydrogens (tertiary/aromatic N) is 1. The molecule has 116 valence electrons. The Balaban J connectivity index is 1.81. The van der Waals surface area contributed by atoms with E-state index >= 15 is 0 Å². The van der Waals surface area contributed by atoms with E-state index in [1.165, 1.54) is 12.8 Å². The van der Waals surface area contributed by atoms with Gasteiger partial charge in [-0.25, -0.2) is 4.39 Å². The number of halogens is 1. The van der Waals surface area contributed by atoms with E-state index in [1.807, 2.05) is 13.0 Å². The molecule has 3 atom stereocenters. The van der Waals surface area contributed by atoms with Gasteiger partial charge in [-0.3, -0.25) is 4.90 Å². The molecule has 0 radical (unpaired) electrons. The number of piperazine rings is 1. The molecule has 2 nitrogen and oxygen atoms in total. The van der Waals surface area contributed by atoms with Crippen molar-refractivity contribution in [2.75, 3.05) is 13.1 Å². The van der Waals surface area contributed by atoms with Gasteiger partial charge in [-0.15, -0.1) is 0 Å². The predicted molar refractivity (Wildman–Crippen MR) is 84.9 cm³/mol. The first-order valence-electron chi connectivity index (χ1n) is 8.17. The van der Waals surface area contributed by atoms with E-state index in [0.29, 0.717) is 6.04 Å². The Morgan fingerprint density at radius 1 is 1.38 bits per heavy atom. The Morgan fingerprint density at radius 2 is 2.10 bits per heavy atom. The highest BCUT2D eigenvalue weighted by Gasteiger charge is 2.46. The number of hydrogen-bond donors (Lipinski definition) is 1. The van der Waals surface area contributed by atoms with Crippen molar-refractivity contribution in [3.8, 4) is 0 Å². The summed E-state index contributed by atoms with van der Waals surface area (Å²) in [7, 11) is 0. The van der Waals surface area contributed by atoms with Crippen LogP contribution in [0.2, 0.25) is 0 Å². The van der Waals surface area contributed by atoms with Gasteiger partial charge in [-0.05, 0) is 63.6 Å². The Hall–Kier alpha value is -0.930. The van der Waals surface area contributed by atoms with Crippen LogP contribution in [0.3, 0.4) is 0 Å². The molecule has 1 aromatic carbocycles. The monoisotopic (exact) mass is 290 g/mol. The summed E-state index contributed by atoms with van der Waals surface area (Å²) < 4.78 is 13.9. The molecular weight excluding hydrogens is 263 g/mol. The largest absolute Gasteiger partial charge is 0.308 e. The Labute approximate surface area is 127 Å². The van der Waals surface area contributed by atoms with Gasteiger partial charge in [0, 0.05) is 30.7 Å². The zero-order valence-corrected chi connectivity index (χ0v) is 13.6. The topological polar surface area (TPSA) is 15.3 Å². The second-order valence-electron chi connectivity index (χ2n) is 7.28. The number of benzene rings is 1. The number of nitrogens with one attached hydrogen (secondary N) is 1. The van der Waals surface area contributed by atoms with E-state index in [2.05, 4.69) is 37.1 Å². The summed E-state index contributed by atoms with van der Waals surface area (Å²) in [5.74, 6) is 0.724. The van der Waals surface area contributed by atoms with Crippen LogP contribution in [0.5, 0.6) is 0 Å². The Morgan fingerprint density at radius 3 is 2.71 bits per heavy atom. The highest BCUT2D eigenvalue weighted by atomic mass is 19.1. The zero-order chi connectivity index (χ0) is 15.2. The first-order valence-corrected chi connectivity index (χ1v) is 8.17. The third-order valence-electron chi connectivity index (χ3n) is 5.53. The van der Waals surface area contributed by atoms with Gasteiger partial charge in [-0.2, -0.15) is 0 Å². The number of hydrogen-bond acceptors (Lipinski definition) is 2. The van der Waals surface area contributed by atoms with Crippen molar-refractivity contribution in [1.29, 1.82) is 0 Å². The lowest BCUT2D eigenvalue weighted by atomic mass is 9.89. The van der Waals surface area contributed by atoms with Gasteiger partial charge >= 0.3 is 0 Å². The Kier molecular flexibility index (Phi) is 3.83. The molecule has 1 aliphatic heterocycles. The van der Waals surface area contributed by atoms with Crippen molar-refractivity contribution in [3.05, 3.63) is 35.1 Å². The summed E-state index contributed by atoms with van der Waals surface area (Å²) in [5, 5.41) is 3.75. The second kappa shape index (κ2) is 5.36. The first-order chi connectivity index (χ1) is 9.90. The van der Waals surface area contributed by atoms with E-state index in [9.17, 15) is 4.39 Å². The molecule has 1 aromatic rings. The summed E-state index contributed by atoms with van der Waals surface area (Å²) in [4.78, 5) is 2.54. The molecule has 0 aromatic heterocycles. The molecular formula is C18H27FN2. The maximum atomic E-state index is 13.9. The maximum Gasteiger partial charge on any atom is 0.126 e. The lowest BCUT2D eigenvalue weighted by Gasteiger charge is -2.48. The fraction of sp³-hybridized carbons (Fsp3) is 0.667. The third-order valence-corrected chi connectivity index (χ3v) is 5.53. The average molecular weight is 290 g/mol. The molecule has 1 aliphatic carbocycles. The van der Waals surface area contributed by atoms with Crippen LogP contribution >= 0.6 is 0 Å². The fourth-order valence-electron chi connectivity index (χ4n) is 3.66. The van der Waals surface area contributed by atoms with Crippen molar-refractivity contribution in [1.82, 2.24) is 10.2 Å². The van der Waals surface area contributed by atoms with Crippen molar-refractivity contribution in [3.63, 3.8) is 0 Å². The summed E-state index contributed by atoms with van der Waals surface area (Å²) in [6.07, 6.45) is 2.69. The smallest absolute Gasteiger partial charge is 0.126 e. The van der Waals surface area contributed by atoms with E-state index in [-0.39, 0.29) is 17.4 Å². The molecule has 1 saturated carbocycles. The van der Waals surface area contributed by atoms with Crippen molar-refractivity contribution >= 4 is 0 Å². The van der Waals surface area contributed by atoms with Crippen LogP contribution in [0.25, 0.3) is 0 Å². The van der Waals surface area contributed by atoms with Crippen LogP contribution < -0.4 is 5.32 Å². The van der Waals surface area contributed by atoms with Crippen LogP contribution in [-0.2, 0) is 0 Å². The number of aryl methyl sites for hydroxylation is 1. The van der Waals surface area contributed by atoms with E-state index in [1.54, 1.807) is 6.07 Å².